The minimum atomic E-state index is -5.17. The summed E-state index contributed by atoms with van der Waals surface area (Å²) in [5, 5.41) is 24.7. The third kappa shape index (κ3) is 6.81. The lowest BCUT2D eigenvalue weighted by Crippen LogP contribution is -2.44. The van der Waals surface area contributed by atoms with Gasteiger partial charge in [-0.1, -0.05) is 47.7 Å². The summed E-state index contributed by atoms with van der Waals surface area (Å²) in [6.45, 7) is 1.97. The van der Waals surface area contributed by atoms with Crippen molar-refractivity contribution in [2.45, 2.75) is 57.0 Å². The molecule has 10 nitrogen and oxygen atoms in total. The van der Waals surface area contributed by atoms with Gasteiger partial charge in [-0.25, -0.2) is 14.8 Å². The molecule has 0 atom stereocenters. The van der Waals surface area contributed by atoms with Crippen LogP contribution in [-0.4, -0.2) is 54.2 Å². The number of carbonyl (C=O) groups is 1. The van der Waals surface area contributed by atoms with Gasteiger partial charge in [0, 0.05) is 42.6 Å². The van der Waals surface area contributed by atoms with Crippen LogP contribution in [0.3, 0.4) is 0 Å². The Kier molecular flexibility index (Phi) is 7.95. The number of carbonyl (C=O) groups excluding carboxylic acids is 1. The first kappa shape index (κ1) is 29.5. The number of nitrogens with one attached hydrogen (secondary N) is 3. The number of esters is 1. The average molecular weight is 624 g/mol. The number of hydrogen-bond donors (Lipinski definition) is 4. The van der Waals surface area contributed by atoms with Gasteiger partial charge >= 0.3 is 12.1 Å². The molecule has 0 radical (unpaired) electrons. The van der Waals surface area contributed by atoms with E-state index in [9.17, 15) is 23.1 Å². The number of fused-ring (bicyclic) bond motifs is 1. The normalized spacial score (nSPS) is 18.7. The maximum absolute atomic E-state index is 12.6. The summed E-state index contributed by atoms with van der Waals surface area (Å²) in [5.74, 6) is -3.73. The van der Waals surface area contributed by atoms with Gasteiger partial charge in [-0.15, -0.1) is 0 Å². The Labute approximate surface area is 253 Å². The summed E-state index contributed by atoms with van der Waals surface area (Å²) in [6, 6.07) is 17.5. The topological polar surface area (TPSA) is 138 Å². The number of hydrogen-bond acceptors (Lipinski definition) is 10. The van der Waals surface area contributed by atoms with Crippen LogP contribution in [0.4, 0.5) is 30.1 Å². The first-order valence-electron chi connectivity index (χ1n) is 13.9. The van der Waals surface area contributed by atoms with Crippen molar-refractivity contribution in [2.24, 2.45) is 0 Å². The van der Waals surface area contributed by atoms with Crippen molar-refractivity contribution in [1.29, 1.82) is 0 Å². The van der Waals surface area contributed by atoms with E-state index in [4.69, 9.17) is 4.98 Å². The van der Waals surface area contributed by atoms with E-state index in [0.717, 1.165) is 38.3 Å². The maximum atomic E-state index is 12.6. The number of aromatic nitrogens is 5. The second kappa shape index (κ2) is 11.8. The predicted octanol–water partition coefficient (Wildman–Crippen LogP) is 6.27. The highest BCUT2D eigenvalue weighted by molar-refractivity contribution is 7.22. The Morgan fingerprint density at radius 3 is 2.59 bits per heavy atom. The Morgan fingerprint density at radius 2 is 1.89 bits per heavy atom. The summed E-state index contributed by atoms with van der Waals surface area (Å²) in [7, 11) is 0. The summed E-state index contributed by atoms with van der Waals surface area (Å²) >= 11 is 1.48. The van der Waals surface area contributed by atoms with Crippen molar-refractivity contribution < 1.29 is 27.8 Å². The minimum Gasteiger partial charge on any atom is -0.427 e. The van der Waals surface area contributed by atoms with Crippen LogP contribution in [0.15, 0.2) is 60.8 Å². The van der Waals surface area contributed by atoms with Crippen molar-refractivity contribution in [3.05, 3.63) is 77.7 Å². The van der Waals surface area contributed by atoms with Crippen molar-refractivity contribution in [1.82, 2.24) is 25.1 Å². The summed E-state index contributed by atoms with van der Waals surface area (Å²) < 4.78 is 43.3. The molecule has 0 amide bonds. The molecule has 3 heterocycles. The van der Waals surface area contributed by atoms with Crippen LogP contribution < -0.4 is 10.6 Å². The van der Waals surface area contributed by atoms with E-state index in [0.29, 0.717) is 23.3 Å². The fourth-order valence-electron chi connectivity index (χ4n) is 5.15. The van der Waals surface area contributed by atoms with Gasteiger partial charge in [0.15, 0.2) is 5.13 Å². The molecule has 0 aliphatic heterocycles. The second-order valence-corrected chi connectivity index (χ2v) is 11.7. The number of H-pyrrole nitrogens is 1. The molecule has 228 valence electrons. The number of anilines is 3. The molecular weight excluding hydrogens is 595 g/mol. The molecule has 5 aromatic rings. The third-order valence-electron chi connectivity index (χ3n) is 7.39. The Bertz CT molecular complexity index is 1780. The quantitative estimate of drug-likeness (QED) is 0.116. The number of thiazole rings is 1. The lowest BCUT2D eigenvalue weighted by molar-refractivity contribution is -0.255. The van der Waals surface area contributed by atoms with Gasteiger partial charge < -0.3 is 20.5 Å². The molecule has 4 N–H and O–H groups in total. The molecule has 1 saturated carbocycles. The molecule has 1 aliphatic carbocycles. The van der Waals surface area contributed by atoms with Crippen LogP contribution in [0.25, 0.3) is 21.3 Å². The minimum absolute atomic E-state index is 0.159. The second-order valence-electron chi connectivity index (χ2n) is 10.7. The fraction of sp³-hybridized carbons (Fsp3) is 0.300. The van der Waals surface area contributed by atoms with Gasteiger partial charge in [0.05, 0.1) is 22.1 Å². The van der Waals surface area contributed by atoms with Crippen molar-refractivity contribution in [3.63, 3.8) is 0 Å². The van der Waals surface area contributed by atoms with E-state index in [-0.39, 0.29) is 31.7 Å². The molecule has 44 heavy (non-hydrogen) atoms. The molecule has 14 heteroatoms. The van der Waals surface area contributed by atoms with Crippen LogP contribution in [0.1, 0.15) is 42.6 Å². The van der Waals surface area contributed by atoms with E-state index >= 15 is 0 Å². The lowest BCUT2D eigenvalue weighted by Gasteiger charge is -2.35. The molecule has 0 spiro atoms. The molecule has 6 rings (SSSR count). The third-order valence-corrected chi connectivity index (χ3v) is 8.32. The van der Waals surface area contributed by atoms with Gasteiger partial charge in [-0.3, -0.25) is 5.10 Å². The Hall–Kier alpha value is -4.56. The van der Waals surface area contributed by atoms with Crippen LogP contribution >= 0.6 is 11.3 Å². The molecule has 0 bridgehead atoms. The number of ether oxygens (including phenoxy) is 1. The highest BCUT2D eigenvalue weighted by Crippen LogP contribution is 2.35. The van der Waals surface area contributed by atoms with E-state index in [2.05, 4.69) is 41.6 Å². The van der Waals surface area contributed by atoms with E-state index in [1.807, 2.05) is 55.5 Å². The van der Waals surface area contributed by atoms with Crippen LogP contribution in [0.2, 0.25) is 0 Å². The highest BCUT2D eigenvalue weighted by Gasteiger charge is 2.47. The monoisotopic (exact) mass is 623 g/mol. The number of nitrogens with zero attached hydrogens (tertiary/aromatic N) is 4. The van der Waals surface area contributed by atoms with Crippen LogP contribution in [0, 0.1) is 6.92 Å². The van der Waals surface area contributed by atoms with Crippen molar-refractivity contribution in [3.8, 4) is 11.1 Å². The molecule has 1 aliphatic rings. The summed E-state index contributed by atoms with van der Waals surface area (Å²) in [5.41, 5.74) is 5.65. The lowest BCUT2D eigenvalue weighted by atomic mass is 9.90. The number of benzene rings is 2. The molecule has 2 aromatic carbocycles. The maximum Gasteiger partial charge on any atom is 0.491 e. The highest BCUT2D eigenvalue weighted by atomic mass is 32.1. The van der Waals surface area contributed by atoms with E-state index < -0.39 is 17.9 Å². The number of rotatable bonds is 8. The van der Waals surface area contributed by atoms with Crippen molar-refractivity contribution >= 4 is 44.4 Å². The molecule has 0 unspecified atom stereocenters. The average Bonchev–Trinajstić information content (AvgIpc) is 3.59. The number of aromatic amines is 1. The van der Waals surface area contributed by atoms with Gasteiger partial charge in [0.1, 0.15) is 5.82 Å². The zero-order chi connectivity index (χ0) is 30.9. The SMILES string of the molecule is Cc1[nH]ncc1-c1ccc2nc(Nc3cc(Cc4ccccc4)nc(NC4CCC(O)(OC(=O)C(F)(F)F)CC4)n3)sc2c1. The number of aliphatic hydroxyl groups is 1. The fourth-order valence-corrected chi connectivity index (χ4v) is 6.06. The van der Waals surface area contributed by atoms with Gasteiger partial charge in [-0.05, 0) is 43.0 Å². The Morgan fingerprint density at radius 1 is 1.11 bits per heavy atom. The number of halogens is 3. The van der Waals surface area contributed by atoms with Crippen LogP contribution in [-0.2, 0) is 16.0 Å². The van der Waals surface area contributed by atoms with E-state index in [1.54, 1.807) is 6.20 Å². The first-order chi connectivity index (χ1) is 21.0. The Balaban J connectivity index is 1.21. The first-order valence-corrected chi connectivity index (χ1v) is 14.7. The van der Waals surface area contributed by atoms with Crippen molar-refractivity contribution in [2.75, 3.05) is 10.6 Å². The molecule has 1 fully saturated rings. The van der Waals surface area contributed by atoms with E-state index in [1.165, 1.54) is 11.3 Å². The summed E-state index contributed by atoms with van der Waals surface area (Å²) in [4.78, 5) is 25.3. The molecule has 3 aromatic heterocycles. The predicted molar refractivity (Wildman–Crippen MR) is 159 cm³/mol. The zero-order valence-electron chi connectivity index (χ0n) is 23.5. The standard InChI is InChI=1S/C30H28F3N7O3S/c1-17-22(16-34-40-17)19-7-8-23-24(14-19)44-28(37-23)39-25-15-21(13-18-5-3-2-4-6-18)36-27(38-25)35-20-9-11-29(42,12-10-20)43-26(41)30(31,32)33/h2-8,14-16,20,42H,9-13H2,1H3,(H,34,40)(H2,35,36,37,38,39). The number of alkyl halides is 3. The largest absolute Gasteiger partial charge is 0.491 e. The summed E-state index contributed by atoms with van der Waals surface area (Å²) in [6.07, 6.45) is -2.67. The smallest absolute Gasteiger partial charge is 0.427 e. The van der Waals surface area contributed by atoms with Gasteiger partial charge in [0.2, 0.25) is 11.7 Å². The van der Waals surface area contributed by atoms with Crippen LogP contribution in [0.5, 0.6) is 0 Å². The zero-order valence-corrected chi connectivity index (χ0v) is 24.3. The molecule has 0 saturated heterocycles. The molecular formula is C30H28F3N7O3S. The number of aryl methyl sites for hydroxylation is 1. The van der Waals surface area contributed by atoms with Gasteiger partial charge in [-0.2, -0.15) is 23.3 Å². The van der Waals surface area contributed by atoms with Gasteiger partial charge in [0.25, 0.3) is 0 Å².